The van der Waals surface area contributed by atoms with Crippen LogP contribution in [-0.4, -0.2) is 23.5 Å². The normalized spacial score (nSPS) is 21.4. The van der Waals surface area contributed by atoms with Crippen LogP contribution in [0.15, 0.2) is 18.3 Å². The van der Waals surface area contributed by atoms with Crippen molar-refractivity contribution in [3.8, 4) is 0 Å². The highest BCUT2D eigenvalue weighted by atomic mass is 16.2. The van der Waals surface area contributed by atoms with Crippen LogP contribution in [0.5, 0.6) is 0 Å². The highest BCUT2D eigenvalue weighted by Crippen LogP contribution is 2.24. The van der Waals surface area contributed by atoms with Crippen molar-refractivity contribution in [3.63, 3.8) is 0 Å². The number of rotatable bonds is 1. The highest BCUT2D eigenvalue weighted by Gasteiger charge is 2.25. The lowest BCUT2D eigenvalue weighted by molar-refractivity contribution is -0.119. The van der Waals surface area contributed by atoms with Crippen molar-refractivity contribution in [2.24, 2.45) is 5.73 Å². The topological polar surface area (TPSA) is 59.2 Å². The zero-order chi connectivity index (χ0) is 14.0. The first-order valence-corrected chi connectivity index (χ1v) is 6.93. The summed E-state index contributed by atoms with van der Waals surface area (Å²) < 4.78 is 0. The number of carbonyl (C=O) groups is 1. The molecular formula is C15H23N3O. The lowest BCUT2D eigenvalue weighted by Crippen LogP contribution is -2.42. The molecule has 1 aliphatic heterocycles. The Morgan fingerprint density at radius 1 is 1.32 bits per heavy atom. The van der Waals surface area contributed by atoms with Gasteiger partial charge in [-0.15, -0.1) is 0 Å². The molecule has 19 heavy (non-hydrogen) atoms. The lowest BCUT2D eigenvalue weighted by atomic mass is 9.92. The van der Waals surface area contributed by atoms with Crippen LogP contribution in [0.4, 0.5) is 5.69 Å². The summed E-state index contributed by atoms with van der Waals surface area (Å²) in [4.78, 5) is 18.5. The molecule has 0 aliphatic carbocycles. The van der Waals surface area contributed by atoms with E-state index in [-0.39, 0.29) is 17.4 Å². The third kappa shape index (κ3) is 3.13. The quantitative estimate of drug-likeness (QED) is 0.843. The van der Waals surface area contributed by atoms with E-state index < -0.39 is 0 Å². The van der Waals surface area contributed by atoms with Crippen LogP contribution < -0.4 is 10.6 Å². The molecule has 1 saturated heterocycles. The molecule has 0 bridgehead atoms. The second-order valence-corrected chi connectivity index (χ2v) is 6.24. The van der Waals surface area contributed by atoms with Crippen LogP contribution in [0.3, 0.4) is 0 Å². The summed E-state index contributed by atoms with van der Waals surface area (Å²) in [6, 6.07) is 3.60. The summed E-state index contributed by atoms with van der Waals surface area (Å²) in [6.07, 6.45) is 4.58. The van der Waals surface area contributed by atoms with Crippen LogP contribution in [-0.2, 0) is 10.2 Å². The number of nitrogens with zero attached hydrogens (tertiary/aromatic N) is 2. The van der Waals surface area contributed by atoms with E-state index in [1.54, 1.807) is 11.1 Å². The zero-order valence-corrected chi connectivity index (χ0v) is 12.0. The smallest absolute Gasteiger partial charge is 0.243 e. The van der Waals surface area contributed by atoms with E-state index >= 15 is 0 Å². The number of anilines is 1. The van der Waals surface area contributed by atoms with Gasteiger partial charge in [0.25, 0.3) is 0 Å². The predicted octanol–water partition coefficient (Wildman–Crippen LogP) is 2.22. The molecule has 1 unspecified atom stereocenters. The van der Waals surface area contributed by atoms with Crippen LogP contribution in [0.1, 0.15) is 45.7 Å². The second kappa shape index (κ2) is 5.29. The monoisotopic (exact) mass is 261 g/mol. The van der Waals surface area contributed by atoms with E-state index in [1.807, 2.05) is 12.1 Å². The van der Waals surface area contributed by atoms with Gasteiger partial charge in [-0.3, -0.25) is 9.78 Å². The zero-order valence-electron chi connectivity index (χ0n) is 12.0. The van der Waals surface area contributed by atoms with E-state index in [1.165, 1.54) is 0 Å². The van der Waals surface area contributed by atoms with Gasteiger partial charge >= 0.3 is 0 Å². The van der Waals surface area contributed by atoms with E-state index in [9.17, 15) is 4.79 Å². The average molecular weight is 261 g/mol. The molecule has 1 aliphatic rings. The number of carbonyl (C=O) groups excluding carboxylic acids is 1. The number of hydrogen-bond donors (Lipinski definition) is 1. The minimum atomic E-state index is -0.371. The fourth-order valence-electron chi connectivity index (χ4n) is 2.31. The summed E-state index contributed by atoms with van der Waals surface area (Å²) >= 11 is 0. The third-order valence-corrected chi connectivity index (χ3v) is 3.56. The Balaban J connectivity index is 2.23. The predicted molar refractivity (Wildman–Crippen MR) is 77.1 cm³/mol. The van der Waals surface area contributed by atoms with Crippen LogP contribution in [0.2, 0.25) is 0 Å². The van der Waals surface area contributed by atoms with Gasteiger partial charge in [0, 0.05) is 17.7 Å². The van der Waals surface area contributed by atoms with E-state index in [0.717, 1.165) is 37.2 Å². The fourth-order valence-corrected chi connectivity index (χ4v) is 2.31. The van der Waals surface area contributed by atoms with Gasteiger partial charge in [0.05, 0.1) is 17.9 Å². The number of hydrogen-bond acceptors (Lipinski definition) is 3. The third-order valence-electron chi connectivity index (χ3n) is 3.56. The molecule has 1 atom stereocenters. The van der Waals surface area contributed by atoms with Gasteiger partial charge in [-0.25, -0.2) is 0 Å². The van der Waals surface area contributed by atoms with Crippen molar-refractivity contribution in [3.05, 3.63) is 24.0 Å². The summed E-state index contributed by atoms with van der Waals surface area (Å²) in [5.41, 5.74) is 7.81. The van der Waals surface area contributed by atoms with Gasteiger partial charge in [-0.2, -0.15) is 0 Å². The Bertz CT molecular complexity index is 447. The molecule has 1 amide bonds. The average Bonchev–Trinajstić information content (AvgIpc) is 2.52. The first-order chi connectivity index (χ1) is 8.89. The number of pyridine rings is 1. The number of amides is 1. The van der Waals surface area contributed by atoms with Crippen molar-refractivity contribution in [2.75, 3.05) is 11.4 Å². The maximum Gasteiger partial charge on any atom is 0.243 e. The molecule has 1 aromatic rings. The van der Waals surface area contributed by atoms with Gasteiger partial charge in [0.15, 0.2) is 0 Å². The first kappa shape index (κ1) is 14.0. The molecular weight excluding hydrogens is 238 g/mol. The minimum Gasteiger partial charge on any atom is -0.320 e. The molecule has 1 fully saturated rings. The summed E-state index contributed by atoms with van der Waals surface area (Å²) in [6.45, 7) is 7.12. The molecule has 0 spiro atoms. The summed E-state index contributed by atoms with van der Waals surface area (Å²) in [5.74, 6) is 0.0165. The van der Waals surface area contributed by atoms with Gasteiger partial charge in [0.1, 0.15) is 0 Å². The van der Waals surface area contributed by atoms with E-state index in [2.05, 4.69) is 25.8 Å². The van der Waals surface area contributed by atoms with Crippen LogP contribution >= 0.6 is 0 Å². The molecule has 2 rings (SSSR count). The molecule has 0 saturated carbocycles. The second-order valence-electron chi connectivity index (χ2n) is 6.24. The lowest BCUT2D eigenvalue weighted by Gasteiger charge is -2.24. The van der Waals surface area contributed by atoms with Crippen molar-refractivity contribution < 1.29 is 4.79 Å². The van der Waals surface area contributed by atoms with Gasteiger partial charge in [-0.1, -0.05) is 20.8 Å². The van der Waals surface area contributed by atoms with E-state index in [0.29, 0.717) is 0 Å². The van der Waals surface area contributed by atoms with Crippen LogP contribution in [0.25, 0.3) is 0 Å². The largest absolute Gasteiger partial charge is 0.320 e. The Morgan fingerprint density at radius 2 is 2.05 bits per heavy atom. The molecule has 0 radical (unpaired) electrons. The number of aromatic nitrogens is 1. The van der Waals surface area contributed by atoms with Gasteiger partial charge < -0.3 is 10.6 Å². The highest BCUT2D eigenvalue weighted by molar-refractivity contribution is 5.97. The van der Waals surface area contributed by atoms with E-state index in [4.69, 9.17) is 5.73 Å². The standard InChI is InChI=1S/C15H23N3O/c1-15(2,3)13-8-7-11(10-17-13)18-9-5-4-6-12(16)14(18)19/h7-8,10,12H,4-6,9,16H2,1-3H3. The Hall–Kier alpha value is -1.42. The van der Waals surface area contributed by atoms with Gasteiger partial charge in [0.2, 0.25) is 5.91 Å². The fraction of sp³-hybridized carbons (Fsp3) is 0.600. The van der Waals surface area contributed by atoms with Crippen LogP contribution in [0, 0.1) is 0 Å². The Morgan fingerprint density at radius 3 is 2.63 bits per heavy atom. The first-order valence-electron chi connectivity index (χ1n) is 6.93. The molecule has 2 heterocycles. The maximum atomic E-state index is 12.2. The van der Waals surface area contributed by atoms with Crippen molar-refractivity contribution in [1.82, 2.24) is 4.98 Å². The van der Waals surface area contributed by atoms with Gasteiger partial charge in [-0.05, 0) is 31.4 Å². The Kier molecular flexibility index (Phi) is 3.90. The molecule has 1 aromatic heterocycles. The summed E-state index contributed by atoms with van der Waals surface area (Å²) in [7, 11) is 0. The minimum absolute atomic E-state index is 0.0165. The molecule has 4 nitrogen and oxygen atoms in total. The van der Waals surface area contributed by atoms with Crippen molar-refractivity contribution in [2.45, 2.75) is 51.5 Å². The SMILES string of the molecule is CC(C)(C)c1ccc(N2CCCCC(N)C2=O)cn1. The molecule has 4 heteroatoms. The maximum absolute atomic E-state index is 12.2. The van der Waals surface area contributed by atoms with Crippen molar-refractivity contribution >= 4 is 11.6 Å². The number of nitrogens with two attached hydrogens (primary N) is 1. The molecule has 104 valence electrons. The Labute approximate surface area is 115 Å². The molecule has 0 aromatic carbocycles. The summed E-state index contributed by atoms with van der Waals surface area (Å²) in [5, 5.41) is 0. The van der Waals surface area contributed by atoms with Crippen molar-refractivity contribution in [1.29, 1.82) is 0 Å². The molecule has 2 N–H and O–H groups in total.